The molecule has 5 rings (SSSR count). The smallest absolute Gasteiger partial charge is 0.185 e. The maximum absolute atomic E-state index is 10.2. The number of nitrogens with one attached hydrogen (secondary N) is 1. The summed E-state index contributed by atoms with van der Waals surface area (Å²) in [5.74, 6) is 5.83. The third kappa shape index (κ3) is 5.33. The van der Waals surface area contributed by atoms with Gasteiger partial charge in [0.2, 0.25) is 0 Å². The van der Waals surface area contributed by atoms with Crippen molar-refractivity contribution >= 4 is 6.29 Å². The number of allylic oxidation sites excluding steroid dienone is 1. The number of hydrogen-bond acceptors (Lipinski definition) is 3. The number of aromatic nitrogens is 2. The second kappa shape index (κ2) is 10.9. The predicted molar refractivity (Wildman–Crippen MR) is 143 cm³/mol. The summed E-state index contributed by atoms with van der Waals surface area (Å²) in [7, 11) is 0. The van der Waals surface area contributed by atoms with Gasteiger partial charge < -0.3 is 10.1 Å². The van der Waals surface area contributed by atoms with Crippen molar-refractivity contribution < 1.29 is 9.90 Å². The van der Waals surface area contributed by atoms with E-state index in [-0.39, 0.29) is 6.10 Å². The highest BCUT2D eigenvalue weighted by Gasteiger charge is 2.59. The fourth-order valence-electron chi connectivity index (χ4n) is 9.01. The zero-order valence-corrected chi connectivity index (χ0v) is 22.9. The summed E-state index contributed by atoms with van der Waals surface area (Å²) in [6.07, 6.45) is 21.0. The summed E-state index contributed by atoms with van der Waals surface area (Å²) in [6, 6.07) is 0. The van der Waals surface area contributed by atoms with Crippen molar-refractivity contribution in [1.29, 1.82) is 0 Å². The Morgan fingerprint density at radius 3 is 2.57 bits per heavy atom. The van der Waals surface area contributed by atoms with Crippen LogP contribution in [-0.2, 0) is 0 Å². The first-order chi connectivity index (χ1) is 16.7. The van der Waals surface area contributed by atoms with E-state index in [9.17, 15) is 9.90 Å². The van der Waals surface area contributed by atoms with E-state index in [1.807, 2.05) is 0 Å². The van der Waals surface area contributed by atoms with Crippen LogP contribution in [0.25, 0.3) is 0 Å². The van der Waals surface area contributed by atoms with Gasteiger partial charge in [0.1, 0.15) is 0 Å². The van der Waals surface area contributed by atoms with Crippen LogP contribution in [0.4, 0.5) is 0 Å². The minimum Gasteiger partial charge on any atom is -0.393 e. The number of hydrogen-bond donors (Lipinski definition) is 2. The van der Waals surface area contributed by atoms with Gasteiger partial charge in [0.25, 0.3) is 0 Å². The molecule has 35 heavy (non-hydrogen) atoms. The van der Waals surface area contributed by atoms with E-state index in [4.69, 9.17) is 0 Å². The van der Waals surface area contributed by atoms with Gasteiger partial charge in [-0.2, -0.15) is 0 Å². The lowest BCUT2D eigenvalue weighted by Gasteiger charge is -2.58. The highest BCUT2D eigenvalue weighted by Crippen LogP contribution is 2.67. The molecule has 0 amide bonds. The molecule has 0 saturated heterocycles. The van der Waals surface area contributed by atoms with Crippen LogP contribution in [0.2, 0.25) is 0 Å². The molecule has 4 aliphatic carbocycles. The molecule has 1 unspecified atom stereocenters. The maximum atomic E-state index is 10.2. The Bertz CT molecular complexity index is 861. The van der Waals surface area contributed by atoms with E-state index in [0.29, 0.717) is 22.9 Å². The number of nitrogens with zero attached hydrogens (tertiary/aromatic N) is 1. The van der Waals surface area contributed by atoms with Crippen LogP contribution < -0.4 is 0 Å². The van der Waals surface area contributed by atoms with Crippen LogP contribution >= 0.6 is 0 Å². The number of H-pyrrole nitrogens is 1. The van der Waals surface area contributed by atoms with Gasteiger partial charge >= 0.3 is 0 Å². The summed E-state index contributed by atoms with van der Waals surface area (Å²) in [5.41, 5.74) is 2.60. The molecular weight excluding hydrogens is 432 g/mol. The standard InChI is InChI=1S/C27H46O.C4H4N2O/c1-18(2)7-6-8-19(3)23-11-12-24-22-10-9-20-17-21(28)13-15-26(20,4)25(22)14-16-27(23,24)5;7-3-4-5-1-2-6-4/h9,18-19,21-25,28H,6-8,10-17H2,1-5H3;1-3H,(H,5,6)/t19?,21-,22-,23+,24-,25-,26-,27+;/m0./s1. The number of imidazole rings is 1. The average Bonchev–Trinajstić information content (AvgIpc) is 3.47. The Hall–Kier alpha value is -1.42. The Labute approximate surface area is 213 Å². The lowest BCUT2D eigenvalue weighted by atomic mass is 9.47. The molecular formula is C31H50N2O2. The van der Waals surface area contributed by atoms with E-state index in [2.05, 4.69) is 50.7 Å². The summed E-state index contributed by atoms with van der Waals surface area (Å²) in [4.78, 5) is 16.0. The number of aromatic amines is 1. The Morgan fingerprint density at radius 2 is 1.91 bits per heavy atom. The molecule has 0 spiro atoms. The first kappa shape index (κ1) is 26.6. The third-order valence-electron chi connectivity index (χ3n) is 10.9. The zero-order chi connectivity index (χ0) is 25.2. The SMILES string of the molecule is CC(C)CCCC(C)[C@H]1CC[C@H]2[C@@H]3CC=C4C[C@@H](O)CC[C@]4(C)[C@H]3CC[C@]12C.O=Cc1ncc[nH]1. The van der Waals surface area contributed by atoms with Gasteiger partial charge in [0.15, 0.2) is 12.1 Å². The van der Waals surface area contributed by atoms with Crippen LogP contribution in [0.3, 0.4) is 0 Å². The lowest BCUT2D eigenvalue weighted by Crippen LogP contribution is -2.50. The van der Waals surface area contributed by atoms with Crippen LogP contribution in [0.15, 0.2) is 24.0 Å². The second-order valence-corrected chi connectivity index (χ2v) is 13.3. The molecule has 0 aromatic carbocycles. The highest BCUT2D eigenvalue weighted by atomic mass is 16.3. The number of aldehydes is 1. The highest BCUT2D eigenvalue weighted by molar-refractivity contribution is 5.68. The number of carbonyl (C=O) groups excluding carboxylic acids is 1. The van der Waals surface area contributed by atoms with E-state index < -0.39 is 0 Å². The molecule has 4 heteroatoms. The van der Waals surface area contributed by atoms with Crippen LogP contribution in [0.5, 0.6) is 0 Å². The van der Waals surface area contributed by atoms with Gasteiger partial charge in [-0.1, -0.05) is 65.5 Å². The minimum absolute atomic E-state index is 0.0766. The molecule has 3 saturated carbocycles. The number of aliphatic hydroxyl groups excluding tert-OH is 1. The molecule has 1 aromatic rings. The largest absolute Gasteiger partial charge is 0.393 e. The topological polar surface area (TPSA) is 66.0 Å². The van der Waals surface area contributed by atoms with Gasteiger partial charge in [-0.3, -0.25) is 4.79 Å². The molecule has 2 N–H and O–H groups in total. The normalized spacial score (nSPS) is 38.9. The molecule has 3 fully saturated rings. The predicted octanol–water partition coefficient (Wildman–Crippen LogP) is 7.61. The summed E-state index contributed by atoms with van der Waals surface area (Å²) in [6.45, 7) is 12.6. The van der Waals surface area contributed by atoms with Crippen molar-refractivity contribution in [1.82, 2.24) is 9.97 Å². The first-order valence-corrected chi connectivity index (χ1v) is 14.5. The van der Waals surface area contributed by atoms with E-state index in [1.54, 1.807) is 11.8 Å². The second-order valence-electron chi connectivity index (χ2n) is 13.3. The van der Waals surface area contributed by atoms with Gasteiger partial charge in [-0.05, 0) is 97.7 Å². The van der Waals surface area contributed by atoms with E-state index >= 15 is 0 Å². The maximum Gasteiger partial charge on any atom is 0.185 e. The number of rotatable bonds is 6. The lowest BCUT2D eigenvalue weighted by molar-refractivity contribution is -0.0573. The first-order valence-electron chi connectivity index (χ1n) is 14.5. The van der Waals surface area contributed by atoms with Crippen LogP contribution in [-0.4, -0.2) is 27.5 Å². The minimum atomic E-state index is -0.0766. The molecule has 1 heterocycles. The summed E-state index contributed by atoms with van der Waals surface area (Å²) < 4.78 is 0. The summed E-state index contributed by atoms with van der Waals surface area (Å²) >= 11 is 0. The van der Waals surface area contributed by atoms with Gasteiger partial charge in [0.05, 0.1) is 6.10 Å². The third-order valence-corrected chi connectivity index (χ3v) is 10.9. The summed E-state index contributed by atoms with van der Waals surface area (Å²) in [5, 5.41) is 10.2. The zero-order valence-electron chi connectivity index (χ0n) is 22.9. The van der Waals surface area contributed by atoms with Gasteiger partial charge in [-0.15, -0.1) is 0 Å². The molecule has 196 valence electrons. The fraction of sp³-hybridized carbons (Fsp3) is 0.806. The molecule has 4 nitrogen and oxygen atoms in total. The van der Waals surface area contributed by atoms with Crippen molar-refractivity contribution in [3.63, 3.8) is 0 Å². The van der Waals surface area contributed by atoms with Gasteiger partial charge in [0, 0.05) is 12.4 Å². The van der Waals surface area contributed by atoms with Crippen molar-refractivity contribution in [2.75, 3.05) is 0 Å². The Morgan fingerprint density at radius 1 is 1.11 bits per heavy atom. The van der Waals surface area contributed by atoms with E-state index in [1.165, 1.54) is 64.0 Å². The average molecular weight is 483 g/mol. The molecule has 4 aliphatic rings. The van der Waals surface area contributed by atoms with Crippen LogP contribution in [0.1, 0.15) is 116 Å². The van der Waals surface area contributed by atoms with Crippen molar-refractivity contribution in [2.45, 2.75) is 111 Å². The number of fused-ring (bicyclic) bond motifs is 5. The molecule has 0 bridgehead atoms. The number of carbonyl (C=O) groups is 1. The Kier molecular flexibility index (Phi) is 8.30. The van der Waals surface area contributed by atoms with Crippen molar-refractivity contribution in [3.05, 3.63) is 29.9 Å². The Balaban J connectivity index is 0.000000356. The fourth-order valence-corrected chi connectivity index (χ4v) is 9.01. The quantitative estimate of drug-likeness (QED) is 0.324. The molecule has 1 aromatic heterocycles. The van der Waals surface area contributed by atoms with Crippen molar-refractivity contribution in [2.24, 2.45) is 46.3 Å². The monoisotopic (exact) mass is 482 g/mol. The van der Waals surface area contributed by atoms with Crippen LogP contribution in [0, 0.1) is 46.3 Å². The number of aliphatic hydroxyl groups is 1. The van der Waals surface area contributed by atoms with E-state index in [0.717, 1.165) is 48.3 Å². The van der Waals surface area contributed by atoms with Gasteiger partial charge in [-0.25, -0.2) is 4.98 Å². The molecule has 0 aliphatic heterocycles. The molecule has 8 atom stereocenters. The molecule has 0 radical (unpaired) electrons. The van der Waals surface area contributed by atoms with Crippen molar-refractivity contribution in [3.8, 4) is 0 Å².